The Bertz CT molecular complexity index is 1300. The number of likely N-dealkylation sites (tertiary alicyclic amines) is 1. The van der Waals surface area contributed by atoms with Gasteiger partial charge in [0.25, 0.3) is 5.91 Å². The topological polar surface area (TPSA) is 71.0 Å². The molecule has 3 heterocycles. The standard InChI is InChI=1S/C27H26ClF3N2O4S/c28-23-8-7-22(38-23)16-3-5-18(6-4-16)27(30,31)26(35)32-20(15-33-9-1-2-10-33)24(34)17-13-19(29)25-21(14-17)36-11-12-37-25/h3-8,13-14,20,24,34H,1-2,9-12,15H2,(H,32,35)/t20-,24-/m1/s1. The zero-order valence-electron chi connectivity index (χ0n) is 20.3. The summed E-state index contributed by atoms with van der Waals surface area (Å²) in [5, 5.41) is 13.5. The molecule has 2 atom stereocenters. The number of rotatable bonds is 8. The number of aliphatic hydroxyl groups excluding tert-OH is 1. The van der Waals surface area contributed by atoms with E-state index in [1.165, 1.54) is 41.7 Å². The summed E-state index contributed by atoms with van der Waals surface area (Å²) in [5.74, 6) is -6.10. The molecule has 6 nitrogen and oxygen atoms in total. The minimum atomic E-state index is -3.87. The lowest BCUT2D eigenvalue weighted by Crippen LogP contribution is -2.51. The highest BCUT2D eigenvalue weighted by molar-refractivity contribution is 7.19. The highest BCUT2D eigenvalue weighted by Crippen LogP contribution is 2.37. The number of carbonyl (C=O) groups excluding carboxylic acids is 1. The Morgan fingerprint density at radius 1 is 1.11 bits per heavy atom. The highest BCUT2D eigenvalue weighted by atomic mass is 35.5. The van der Waals surface area contributed by atoms with Gasteiger partial charge in [0.1, 0.15) is 19.3 Å². The molecule has 2 aliphatic rings. The number of nitrogens with one attached hydrogen (secondary N) is 1. The van der Waals surface area contributed by atoms with Crippen LogP contribution in [-0.4, -0.2) is 54.8 Å². The molecule has 2 N–H and O–H groups in total. The van der Waals surface area contributed by atoms with E-state index in [1.807, 2.05) is 4.90 Å². The highest BCUT2D eigenvalue weighted by Gasteiger charge is 2.43. The predicted octanol–water partition coefficient (Wildman–Crippen LogP) is 5.38. The molecule has 0 bridgehead atoms. The fraction of sp³-hybridized carbons (Fsp3) is 0.370. The van der Waals surface area contributed by atoms with Crippen molar-refractivity contribution in [3.8, 4) is 21.9 Å². The van der Waals surface area contributed by atoms with Crippen molar-refractivity contribution in [3.63, 3.8) is 0 Å². The number of thiophene rings is 1. The number of carbonyl (C=O) groups is 1. The van der Waals surface area contributed by atoms with Crippen molar-refractivity contribution in [1.29, 1.82) is 0 Å². The monoisotopic (exact) mass is 566 g/mol. The minimum absolute atomic E-state index is 0.0628. The maximum atomic E-state index is 15.3. The van der Waals surface area contributed by atoms with Crippen molar-refractivity contribution in [2.75, 3.05) is 32.8 Å². The summed E-state index contributed by atoms with van der Waals surface area (Å²) in [4.78, 5) is 15.7. The molecule has 1 aromatic heterocycles. The largest absolute Gasteiger partial charge is 0.486 e. The molecule has 0 unspecified atom stereocenters. The molecule has 1 amide bonds. The van der Waals surface area contributed by atoms with E-state index >= 15 is 8.78 Å². The molecule has 2 aromatic carbocycles. The van der Waals surface area contributed by atoms with Gasteiger partial charge in [-0.1, -0.05) is 35.9 Å². The van der Waals surface area contributed by atoms with Crippen LogP contribution in [0, 0.1) is 5.82 Å². The number of benzene rings is 2. The second kappa shape index (κ2) is 11.1. The number of hydrogen-bond donors (Lipinski definition) is 2. The molecule has 1 fully saturated rings. The van der Waals surface area contributed by atoms with Gasteiger partial charge in [0.2, 0.25) is 0 Å². The van der Waals surface area contributed by atoms with Crippen LogP contribution in [0.5, 0.6) is 11.5 Å². The number of hydrogen-bond acceptors (Lipinski definition) is 6. The van der Waals surface area contributed by atoms with Gasteiger partial charge >= 0.3 is 5.92 Å². The third-order valence-electron chi connectivity index (χ3n) is 6.70. The van der Waals surface area contributed by atoms with Gasteiger partial charge in [-0.3, -0.25) is 4.79 Å². The summed E-state index contributed by atoms with van der Waals surface area (Å²) in [6.45, 7) is 1.94. The second-order valence-electron chi connectivity index (χ2n) is 9.31. The van der Waals surface area contributed by atoms with Crippen LogP contribution in [-0.2, 0) is 10.7 Å². The van der Waals surface area contributed by atoms with Crippen LogP contribution in [0.25, 0.3) is 10.4 Å². The average molecular weight is 567 g/mol. The number of amides is 1. The van der Waals surface area contributed by atoms with Gasteiger partial charge in [-0.2, -0.15) is 8.78 Å². The molecule has 0 saturated carbocycles. The van der Waals surface area contributed by atoms with Crippen LogP contribution in [0.1, 0.15) is 30.1 Å². The van der Waals surface area contributed by atoms with Crippen LogP contribution < -0.4 is 14.8 Å². The van der Waals surface area contributed by atoms with Crippen molar-refractivity contribution in [2.45, 2.75) is 30.9 Å². The second-order valence-corrected chi connectivity index (χ2v) is 11.0. The molecule has 202 valence electrons. The number of alkyl halides is 2. The van der Waals surface area contributed by atoms with E-state index in [-0.39, 0.29) is 36.8 Å². The van der Waals surface area contributed by atoms with Crippen molar-refractivity contribution in [3.05, 3.63) is 69.8 Å². The SMILES string of the molecule is O=C(N[C@H](CN1CCCC1)[C@H](O)c1cc(F)c2c(c1)OCCO2)C(F)(F)c1ccc(-c2ccc(Cl)s2)cc1. The fourth-order valence-electron chi connectivity index (χ4n) is 4.71. The summed E-state index contributed by atoms with van der Waals surface area (Å²) in [7, 11) is 0. The molecular formula is C27H26ClF3N2O4S. The summed E-state index contributed by atoms with van der Waals surface area (Å²) < 4.78 is 56.5. The van der Waals surface area contributed by atoms with E-state index in [2.05, 4.69) is 5.32 Å². The van der Waals surface area contributed by atoms with Gasteiger partial charge in [0.15, 0.2) is 17.3 Å². The molecule has 5 rings (SSSR count). The van der Waals surface area contributed by atoms with E-state index in [0.29, 0.717) is 23.0 Å². The molecule has 11 heteroatoms. The summed E-state index contributed by atoms with van der Waals surface area (Å²) in [5.41, 5.74) is 0.310. The normalized spacial score (nSPS) is 17.3. The lowest BCUT2D eigenvalue weighted by atomic mass is 9.99. The molecule has 0 aliphatic carbocycles. The number of ether oxygens (including phenoxy) is 2. The van der Waals surface area contributed by atoms with Gasteiger partial charge in [-0.15, -0.1) is 11.3 Å². The van der Waals surface area contributed by atoms with Crippen LogP contribution in [0.2, 0.25) is 4.34 Å². The molecular weight excluding hydrogens is 541 g/mol. The number of halogens is 4. The molecule has 1 saturated heterocycles. The van der Waals surface area contributed by atoms with E-state index in [0.717, 1.165) is 23.8 Å². The number of fused-ring (bicyclic) bond motifs is 1. The van der Waals surface area contributed by atoms with Gasteiger partial charge in [0, 0.05) is 17.0 Å². The van der Waals surface area contributed by atoms with Gasteiger partial charge in [-0.25, -0.2) is 4.39 Å². The zero-order chi connectivity index (χ0) is 26.9. The van der Waals surface area contributed by atoms with Crippen LogP contribution in [0.4, 0.5) is 13.2 Å². The van der Waals surface area contributed by atoms with E-state index < -0.39 is 35.4 Å². The average Bonchev–Trinajstić information content (AvgIpc) is 3.59. The Morgan fingerprint density at radius 3 is 2.50 bits per heavy atom. The van der Waals surface area contributed by atoms with Gasteiger partial charge in [0.05, 0.1) is 10.4 Å². The first-order valence-electron chi connectivity index (χ1n) is 12.3. The Morgan fingerprint density at radius 2 is 1.82 bits per heavy atom. The predicted molar refractivity (Wildman–Crippen MR) is 139 cm³/mol. The Balaban J connectivity index is 1.37. The van der Waals surface area contributed by atoms with Crippen molar-refractivity contribution < 1.29 is 32.5 Å². The smallest absolute Gasteiger partial charge is 0.349 e. The zero-order valence-corrected chi connectivity index (χ0v) is 21.8. The first kappa shape index (κ1) is 26.8. The van der Waals surface area contributed by atoms with E-state index in [1.54, 1.807) is 12.1 Å². The molecule has 3 aromatic rings. The maximum Gasteiger partial charge on any atom is 0.349 e. The molecule has 0 radical (unpaired) electrons. The Hall–Kier alpha value is -2.79. The Kier molecular flexibility index (Phi) is 7.85. The van der Waals surface area contributed by atoms with Crippen molar-refractivity contribution >= 4 is 28.8 Å². The Labute approximate surface area is 226 Å². The van der Waals surface area contributed by atoms with E-state index in [9.17, 15) is 14.3 Å². The number of aliphatic hydroxyl groups is 1. The van der Waals surface area contributed by atoms with Crippen molar-refractivity contribution in [1.82, 2.24) is 10.2 Å². The third-order valence-corrected chi connectivity index (χ3v) is 7.98. The number of nitrogens with zero attached hydrogens (tertiary/aromatic N) is 1. The lowest BCUT2D eigenvalue weighted by Gasteiger charge is -2.30. The quantitative estimate of drug-likeness (QED) is 0.383. The van der Waals surface area contributed by atoms with Crippen LogP contribution in [0.15, 0.2) is 48.5 Å². The van der Waals surface area contributed by atoms with Gasteiger partial charge in [-0.05, 0) is 61.3 Å². The summed E-state index contributed by atoms with van der Waals surface area (Å²) >= 11 is 7.28. The van der Waals surface area contributed by atoms with Crippen molar-refractivity contribution in [2.24, 2.45) is 0 Å². The molecule has 38 heavy (non-hydrogen) atoms. The van der Waals surface area contributed by atoms with Crippen LogP contribution >= 0.6 is 22.9 Å². The summed E-state index contributed by atoms with van der Waals surface area (Å²) in [6, 6.07) is 10.3. The minimum Gasteiger partial charge on any atom is -0.486 e. The summed E-state index contributed by atoms with van der Waals surface area (Å²) in [6.07, 6.45) is 0.382. The first-order valence-corrected chi connectivity index (χ1v) is 13.5. The van der Waals surface area contributed by atoms with E-state index in [4.69, 9.17) is 21.1 Å². The van der Waals surface area contributed by atoms with Crippen LogP contribution in [0.3, 0.4) is 0 Å². The molecule has 0 spiro atoms. The first-order chi connectivity index (χ1) is 18.2. The third kappa shape index (κ3) is 5.63. The lowest BCUT2D eigenvalue weighted by molar-refractivity contribution is -0.149. The fourth-order valence-corrected chi connectivity index (χ4v) is 5.75. The molecule has 2 aliphatic heterocycles. The maximum absolute atomic E-state index is 15.3. The van der Waals surface area contributed by atoms with Gasteiger partial charge < -0.3 is 24.8 Å².